The van der Waals surface area contributed by atoms with Crippen molar-refractivity contribution in [2.24, 2.45) is 0 Å². The molecule has 7 heterocycles. The fourth-order valence-electron chi connectivity index (χ4n) is 8.72. The number of fused-ring (bicyclic) bond motifs is 3. The highest BCUT2D eigenvalue weighted by Gasteiger charge is 2.55. The van der Waals surface area contributed by atoms with E-state index in [1.807, 2.05) is 55.0 Å². The van der Waals surface area contributed by atoms with Crippen molar-refractivity contribution >= 4 is 56.4 Å². The molecule has 4 fully saturated rings. The number of rotatable bonds is 5. The SMILES string of the molecule is O=C(c1cccc(OC(F)(F)F)c1)N1CCN(c2ncnc3[nH]ccc23)CC12CC2.O=C(c1cccc2[nH]ccc12)N1CCN(c2ncnc3[nH]ccc23)CC12CC2. The minimum absolute atomic E-state index is 0.0820. The first-order chi connectivity index (χ1) is 28.1. The zero-order chi connectivity index (χ0) is 39.6. The summed E-state index contributed by atoms with van der Waals surface area (Å²) in [5.41, 5.74) is 3.17. The van der Waals surface area contributed by atoms with Gasteiger partial charge in [-0.1, -0.05) is 12.1 Å². The van der Waals surface area contributed by atoms with Gasteiger partial charge < -0.3 is 39.3 Å². The normalized spacial score (nSPS) is 18.2. The highest BCUT2D eigenvalue weighted by molar-refractivity contribution is 6.07. The number of anilines is 2. The molecule has 2 aliphatic heterocycles. The molecule has 2 amide bonds. The van der Waals surface area contributed by atoms with Gasteiger partial charge in [-0.05, 0) is 74.2 Å². The fraction of sp³-hybridized carbons (Fsp3) is 0.317. The molecule has 2 saturated carbocycles. The summed E-state index contributed by atoms with van der Waals surface area (Å²) in [5.74, 6) is 1.23. The smallest absolute Gasteiger partial charge is 0.406 e. The predicted octanol–water partition coefficient (Wildman–Crippen LogP) is 6.29. The highest BCUT2D eigenvalue weighted by Crippen LogP contribution is 2.47. The Morgan fingerprint density at radius 2 is 1.19 bits per heavy atom. The molecule has 7 aromatic rings. The maximum Gasteiger partial charge on any atom is 0.573 e. The third-order valence-electron chi connectivity index (χ3n) is 11.9. The average Bonchev–Trinajstić information content (AvgIpc) is 3.86. The molecule has 2 aliphatic carbocycles. The van der Waals surface area contributed by atoms with Gasteiger partial charge in [0, 0.05) is 79.9 Å². The number of nitrogens with zero attached hydrogens (tertiary/aromatic N) is 8. The lowest BCUT2D eigenvalue weighted by molar-refractivity contribution is -0.274. The number of hydrogen-bond acceptors (Lipinski definition) is 9. The maximum atomic E-state index is 13.4. The second kappa shape index (κ2) is 13.5. The van der Waals surface area contributed by atoms with Gasteiger partial charge in [-0.3, -0.25) is 9.59 Å². The van der Waals surface area contributed by atoms with E-state index >= 15 is 0 Å². The van der Waals surface area contributed by atoms with Crippen LogP contribution in [0.5, 0.6) is 5.75 Å². The minimum Gasteiger partial charge on any atom is -0.406 e. The van der Waals surface area contributed by atoms with Crippen molar-refractivity contribution in [3.63, 3.8) is 0 Å². The summed E-state index contributed by atoms with van der Waals surface area (Å²) >= 11 is 0. The summed E-state index contributed by atoms with van der Waals surface area (Å²) in [6.07, 6.45) is 7.69. The Morgan fingerprint density at radius 3 is 1.78 bits per heavy atom. The van der Waals surface area contributed by atoms with E-state index in [-0.39, 0.29) is 28.5 Å². The molecule has 58 heavy (non-hydrogen) atoms. The van der Waals surface area contributed by atoms with Crippen molar-refractivity contribution in [3.8, 4) is 5.75 Å². The summed E-state index contributed by atoms with van der Waals surface area (Å²) in [6.45, 7) is 3.94. The van der Waals surface area contributed by atoms with E-state index in [1.165, 1.54) is 24.5 Å². The third-order valence-corrected chi connectivity index (χ3v) is 11.9. The van der Waals surface area contributed by atoms with Crippen LogP contribution >= 0.6 is 0 Å². The molecule has 0 radical (unpaired) electrons. The number of carbonyl (C=O) groups is 2. The summed E-state index contributed by atoms with van der Waals surface area (Å²) < 4.78 is 41.5. The number of halogens is 3. The number of benzene rings is 2. The van der Waals surface area contributed by atoms with Gasteiger partial charge in [0.2, 0.25) is 0 Å². The lowest BCUT2D eigenvalue weighted by Crippen LogP contribution is -2.57. The molecule has 14 nitrogen and oxygen atoms in total. The van der Waals surface area contributed by atoms with E-state index in [9.17, 15) is 22.8 Å². The van der Waals surface area contributed by atoms with Crippen LogP contribution in [0.25, 0.3) is 33.0 Å². The summed E-state index contributed by atoms with van der Waals surface area (Å²) in [6, 6.07) is 17.1. The molecule has 2 spiro atoms. The first-order valence-corrected chi connectivity index (χ1v) is 19.2. The zero-order valence-electron chi connectivity index (χ0n) is 31.2. The van der Waals surface area contributed by atoms with Crippen molar-refractivity contribution in [1.29, 1.82) is 0 Å². The Hall–Kier alpha value is -6.65. The van der Waals surface area contributed by atoms with Crippen LogP contribution in [0.15, 0.2) is 91.9 Å². The number of aromatic nitrogens is 7. The largest absolute Gasteiger partial charge is 0.573 e. The maximum absolute atomic E-state index is 13.4. The molecule has 0 atom stereocenters. The lowest BCUT2D eigenvalue weighted by atomic mass is 10.0. The van der Waals surface area contributed by atoms with Crippen LogP contribution in [0.1, 0.15) is 46.4 Å². The standard InChI is InChI=1S/C21H20N6O.C20H18F3N5O2/c28-20(15-2-1-3-17-14(15)4-8-22-17)27-11-10-26(12-21(27)6-7-21)19-16-5-9-23-18(16)24-13-25-19;21-20(22,23)30-14-3-1-2-13(10-14)18(29)28-9-8-27(11-19(28)5-6-19)17-15-4-7-24-16(15)25-12-26-17/h1-5,8-9,13,22H,6-7,10-12H2,(H,23,24,25);1-4,7,10,12H,5-6,8-9,11H2,(H,24,25,26). The molecule has 5 aromatic heterocycles. The molecule has 2 aromatic carbocycles. The van der Waals surface area contributed by atoms with Gasteiger partial charge in [-0.25, -0.2) is 19.9 Å². The molecule has 3 N–H and O–H groups in total. The van der Waals surface area contributed by atoms with E-state index in [1.54, 1.807) is 11.2 Å². The number of ether oxygens (including phenoxy) is 1. The molecular weight excluding hydrogens is 752 g/mol. The molecule has 0 unspecified atom stereocenters. The predicted molar refractivity (Wildman–Crippen MR) is 210 cm³/mol. The quantitative estimate of drug-likeness (QED) is 0.183. The molecule has 4 aliphatic rings. The number of nitrogens with one attached hydrogen (secondary N) is 3. The van der Waals surface area contributed by atoms with Gasteiger partial charge >= 0.3 is 6.36 Å². The molecule has 17 heteroatoms. The average molecular weight is 790 g/mol. The summed E-state index contributed by atoms with van der Waals surface area (Å²) in [7, 11) is 0. The van der Waals surface area contributed by atoms with Gasteiger partial charge in [0.25, 0.3) is 11.8 Å². The Kier molecular flexibility index (Phi) is 8.31. The first kappa shape index (κ1) is 35.7. The van der Waals surface area contributed by atoms with E-state index in [0.717, 1.165) is 95.0 Å². The molecular formula is C41H38F3N11O3. The van der Waals surface area contributed by atoms with Crippen molar-refractivity contribution in [2.45, 2.75) is 43.1 Å². The van der Waals surface area contributed by atoms with E-state index in [2.05, 4.69) is 54.3 Å². The fourth-order valence-corrected chi connectivity index (χ4v) is 8.72. The number of piperazine rings is 2. The van der Waals surface area contributed by atoms with Crippen molar-refractivity contribution in [3.05, 3.63) is 103 Å². The first-order valence-electron chi connectivity index (χ1n) is 19.2. The second-order valence-corrected chi connectivity index (χ2v) is 15.4. The lowest BCUT2D eigenvalue weighted by Gasteiger charge is -2.43. The van der Waals surface area contributed by atoms with Crippen molar-refractivity contribution in [1.82, 2.24) is 44.7 Å². The third kappa shape index (κ3) is 6.39. The van der Waals surface area contributed by atoms with Crippen LogP contribution < -0.4 is 14.5 Å². The van der Waals surface area contributed by atoms with Crippen molar-refractivity contribution < 1.29 is 27.5 Å². The molecule has 11 rings (SSSR count). The summed E-state index contributed by atoms with van der Waals surface area (Å²) in [4.78, 5) is 61.8. The number of carbonyl (C=O) groups excluding carboxylic acids is 2. The van der Waals surface area contributed by atoms with Gasteiger partial charge in [-0.15, -0.1) is 13.2 Å². The van der Waals surface area contributed by atoms with Crippen molar-refractivity contribution in [2.75, 3.05) is 49.1 Å². The Bertz CT molecular complexity index is 2680. The Morgan fingerprint density at radius 1 is 0.638 bits per heavy atom. The van der Waals surface area contributed by atoms with E-state index in [0.29, 0.717) is 26.2 Å². The van der Waals surface area contributed by atoms with Gasteiger partial charge in [0.1, 0.15) is 41.3 Å². The molecule has 296 valence electrons. The van der Waals surface area contributed by atoms with Crippen LogP contribution in [0.2, 0.25) is 0 Å². The zero-order valence-corrected chi connectivity index (χ0v) is 31.2. The van der Waals surface area contributed by atoms with Crippen LogP contribution in [-0.4, -0.2) is 113 Å². The number of H-pyrrole nitrogens is 3. The summed E-state index contributed by atoms with van der Waals surface area (Å²) in [5, 5.41) is 2.95. The topological polar surface area (TPSA) is 155 Å². The molecule has 2 saturated heterocycles. The monoisotopic (exact) mass is 789 g/mol. The van der Waals surface area contributed by atoms with Gasteiger partial charge in [0.15, 0.2) is 0 Å². The highest BCUT2D eigenvalue weighted by atomic mass is 19.4. The van der Waals surface area contributed by atoms with Gasteiger partial charge in [0.05, 0.1) is 21.9 Å². The Balaban J connectivity index is 0.000000141. The van der Waals surface area contributed by atoms with Crippen LogP contribution in [-0.2, 0) is 0 Å². The van der Waals surface area contributed by atoms with Crippen LogP contribution in [0.3, 0.4) is 0 Å². The molecule has 0 bridgehead atoms. The number of alkyl halides is 3. The van der Waals surface area contributed by atoms with Gasteiger partial charge in [-0.2, -0.15) is 0 Å². The number of amides is 2. The second-order valence-electron chi connectivity index (χ2n) is 15.4. The number of hydrogen-bond donors (Lipinski definition) is 3. The number of aromatic amines is 3. The van der Waals surface area contributed by atoms with E-state index < -0.39 is 12.1 Å². The van der Waals surface area contributed by atoms with Crippen LogP contribution in [0, 0.1) is 0 Å². The van der Waals surface area contributed by atoms with E-state index in [4.69, 9.17) is 0 Å². The Labute approximate surface area is 329 Å². The minimum atomic E-state index is -4.80. The van der Waals surface area contributed by atoms with Crippen LogP contribution in [0.4, 0.5) is 24.8 Å².